The number of nitrogens with one attached hydrogen (secondary N) is 1. The molecule has 0 aliphatic carbocycles. The van der Waals surface area contributed by atoms with Gasteiger partial charge in [0.25, 0.3) is 5.56 Å². The highest BCUT2D eigenvalue weighted by Crippen LogP contribution is 2.22. The fourth-order valence-electron chi connectivity index (χ4n) is 1.77. The van der Waals surface area contributed by atoms with Crippen LogP contribution in [0.5, 0.6) is 0 Å². The van der Waals surface area contributed by atoms with Crippen LogP contribution >= 0.6 is 11.6 Å². The summed E-state index contributed by atoms with van der Waals surface area (Å²) in [5.74, 6) is -0.567. The minimum Gasteiger partial charge on any atom is -0.377 e. The van der Waals surface area contributed by atoms with E-state index >= 15 is 0 Å². The zero-order valence-electron chi connectivity index (χ0n) is 11.0. The number of nitrogens with zero attached hydrogens (tertiary/aromatic N) is 2. The van der Waals surface area contributed by atoms with Crippen molar-refractivity contribution < 1.29 is 4.39 Å². The van der Waals surface area contributed by atoms with Crippen LogP contribution in [0.15, 0.2) is 33.9 Å². The molecule has 1 aromatic heterocycles. The predicted octanol–water partition coefficient (Wildman–Crippen LogP) is 1.49. The van der Waals surface area contributed by atoms with Crippen molar-refractivity contribution in [2.24, 2.45) is 14.1 Å². The average molecular weight is 298 g/mol. The summed E-state index contributed by atoms with van der Waals surface area (Å²) < 4.78 is 16.0. The Kier molecular flexibility index (Phi) is 3.94. The summed E-state index contributed by atoms with van der Waals surface area (Å²) >= 11 is 5.67. The fourth-order valence-corrected chi connectivity index (χ4v) is 1.95. The highest BCUT2D eigenvalue weighted by atomic mass is 35.5. The molecule has 0 saturated carbocycles. The maximum absolute atomic E-state index is 13.7. The zero-order valence-corrected chi connectivity index (χ0v) is 11.7. The smallest absolute Gasteiger partial charge is 0.330 e. The predicted molar refractivity (Wildman–Crippen MR) is 75.7 cm³/mol. The van der Waals surface area contributed by atoms with Crippen molar-refractivity contribution in [1.82, 2.24) is 9.13 Å². The Hall–Kier alpha value is -2.08. The van der Waals surface area contributed by atoms with Crippen molar-refractivity contribution in [3.8, 4) is 0 Å². The second-order valence-corrected chi connectivity index (χ2v) is 4.74. The molecule has 20 heavy (non-hydrogen) atoms. The number of aromatic nitrogens is 2. The summed E-state index contributed by atoms with van der Waals surface area (Å²) in [5, 5.41) is 2.82. The molecular weight excluding hydrogens is 285 g/mol. The Balaban J connectivity index is 2.31. The Labute approximate surface area is 119 Å². The molecule has 0 radical (unpaired) electrons. The third-order valence-corrected chi connectivity index (χ3v) is 3.33. The average Bonchev–Trinajstić information content (AvgIpc) is 2.43. The lowest BCUT2D eigenvalue weighted by Gasteiger charge is -2.12. The molecule has 5 nitrogen and oxygen atoms in total. The van der Waals surface area contributed by atoms with Gasteiger partial charge in [0.1, 0.15) is 0 Å². The van der Waals surface area contributed by atoms with E-state index in [-0.39, 0.29) is 17.3 Å². The van der Waals surface area contributed by atoms with Crippen LogP contribution in [0.4, 0.5) is 10.1 Å². The third-order valence-electron chi connectivity index (χ3n) is 3.04. The van der Waals surface area contributed by atoms with E-state index in [0.29, 0.717) is 5.69 Å². The van der Waals surface area contributed by atoms with Crippen LogP contribution in [0.3, 0.4) is 0 Å². The minimum atomic E-state index is -0.567. The van der Waals surface area contributed by atoms with Crippen LogP contribution in [0, 0.1) is 5.82 Å². The third kappa shape index (κ3) is 2.60. The Morgan fingerprint density at radius 1 is 1.25 bits per heavy atom. The maximum Gasteiger partial charge on any atom is 0.330 e. The normalized spacial score (nSPS) is 10.6. The first-order valence-electron chi connectivity index (χ1n) is 5.85. The molecule has 1 heterocycles. The Bertz CT molecular complexity index is 767. The zero-order chi connectivity index (χ0) is 14.9. The molecule has 0 unspecified atom stereocenters. The van der Waals surface area contributed by atoms with Crippen molar-refractivity contribution in [1.29, 1.82) is 0 Å². The topological polar surface area (TPSA) is 56.0 Å². The van der Waals surface area contributed by atoms with Gasteiger partial charge in [0.2, 0.25) is 0 Å². The van der Waals surface area contributed by atoms with Crippen LogP contribution in [0.2, 0.25) is 5.02 Å². The van der Waals surface area contributed by atoms with Gasteiger partial charge in [-0.25, -0.2) is 9.18 Å². The van der Waals surface area contributed by atoms with E-state index in [1.165, 1.54) is 29.8 Å². The number of benzene rings is 1. The van der Waals surface area contributed by atoms with Gasteiger partial charge in [-0.3, -0.25) is 13.9 Å². The lowest BCUT2D eigenvalue weighted by Crippen LogP contribution is -2.38. The number of halogens is 2. The van der Waals surface area contributed by atoms with Crippen LogP contribution in [-0.4, -0.2) is 9.13 Å². The number of rotatable bonds is 3. The van der Waals surface area contributed by atoms with Crippen molar-refractivity contribution >= 4 is 17.3 Å². The van der Waals surface area contributed by atoms with Gasteiger partial charge in [-0.05, 0) is 12.1 Å². The van der Waals surface area contributed by atoms with E-state index in [0.717, 1.165) is 4.57 Å². The summed E-state index contributed by atoms with van der Waals surface area (Å²) in [6.07, 6.45) is 0. The van der Waals surface area contributed by atoms with Crippen molar-refractivity contribution in [3.05, 3.63) is 61.6 Å². The summed E-state index contributed by atoms with van der Waals surface area (Å²) in [6.45, 7) is 0.138. The summed E-state index contributed by atoms with van der Waals surface area (Å²) in [5.41, 5.74) is -0.166. The lowest BCUT2D eigenvalue weighted by molar-refractivity contribution is 0.627. The number of hydrogen-bond acceptors (Lipinski definition) is 3. The highest BCUT2D eigenvalue weighted by molar-refractivity contribution is 6.31. The van der Waals surface area contributed by atoms with Gasteiger partial charge in [-0.15, -0.1) is 0 Å². The Morgan fingerprint density at radius 3 is 2.65 bits per heavy atom. The molecule has 2 aromatic rings. The quantitative estimate of drug-likeness (QED) is 0.934. The minimum absolute atomic E-state index is 0.00728. The van der Waals surface area contributed by atoms with E-state index in [9.17, 15) is 14.0 Å². The summed E-state index contributed by atoms with van der Waals surface area (Å²) in [7, 11) is 2.95. The number of anilines is 1. The van der Waals surface area contributed by atoms with Gasteiger partial charge >= 0.3 is 5.69 Å². The first-order valence-corrected chi connectivity index (χ1v) is 6.23. The highest BCUT2D eigenvalue weighted by Gasteiger charge is 2.08. The maximum atomic E-state index is 13.7. The molecule has 0 aliphatic heterocycles. The summed E-state index contributed by atoms with van der Waals surface area (Å²) in [4.78, 5) is 23.3. The van der Waals surface area contributed by atoms with Crippen LogP contribution in [0.25, 0.3) is 0 Å². The molecule has 0 aliphatic rings. The molecular formula is C13H13ClFN3O2. The SMILES string of the molecule is Cn1c(CNc2cccc(Cl)c2F)cc(=O)n(C)c1=O. The summed E-state index contributed by atoms with van der Waals surface area (Å²) in [6, 6.07) is 5.91. The van der Waals surface area contributed by atoms with Crippen molar-refractivity contribution in [3.63, 3.8) is 0 Å². The van der Waals surface area contributed by atoms with Crippen molar-refractivity contribution in [2.75, 3.05) is 5.32 Å². The second-order valence-electron chi connectivity index (χ2n) is 4.33. The molecule has 106 valence electrons. The largest absolute Gasteiger partial charge is 0.377 e. The fraction of sp³-hybridized carbons (Fsp3) is 0.231. The van der Waals surface area contributed by atoms with Gasteiger partial charge in [0.15, 0.2) is 5.82 Å². The molecule has 0 saturated heterocycles. The molecule has 0 amide bonds. The van der Waals surface area contributed by atoms with Gasteiger partial charge in [0.05, 0.1) is 17.3 Å². The molecule has 0 fully saturated rings. The molecule has 0 bridgehead atoms. The molecule has 7 heteroatoms. The second kappa shape index (κ2) is 5.50. The monoisotopic (exact) mass is 297 g/mol. The molecule has 1 aromatic carbocycles. The van der Waals surface area contributed by atoms with Crippen LogP contribution in [-0.2, 0) is 20.6 Å². The number of hydrogen-bond donors (Lipinski definition) is 1. The van der Waals surface area contributed by atoms with E-state index in [1.807, 2.05) is 0 Å². The first kappa shape index (κ1) is 14.3. The molecule has 2 rings (SSSR count). The van der Waals surface area contributed by atoms with Gasteiger partial charge in [0, 0.05) is 25.9 Å². The van der Waals surface area contributed by atoms with Gasteiger partial charge in [-0.1, -0.05) is 17.7 Å². The molecule has 1 N–H and O–H groups in total. The van der Waals surface area contributed by atoms with E-state index in [2.05, 4.69) is 5.32 Å². The van der Waals surface area contributed by atoms with E-state index < -0.39 is 17.1 Å². The van der Waals surface area contributed by atoms with Crippen LogP contribution < -0.4 is 16.6 Å². The molecule has 0 atom stereocenters. The Morgan fingerprint density at radius 2 is 1.95 bits per heavy atom. The van der Waals surface area contributed by atoms with E-state index in [4.69, 9.17) is 11.6 Å². The van der Waals surface area contributed by atoms with Gasteiger partial charge < -0.3 is 5.32 Å². The van der Waals surface area contributed by atoms with Crippen LogP contribution in [0.1, 0.15) is 5.69 Å². The standard InChI is InChI=1S/C13H13ClFN3O2/c1-17-8(6-11(19)18(2)13(17)20)7-16-10-5-3-4-9(14)12(10)15/h3-6,16H,7H2,1-2H3. The molecule has 0 spiro atoms. The lowest BCUT2D eigenvalue weighted by atomic mass is 10.3. The van der Waals surface area contributed by atoms with Gasteiger partial charge in [-0.2, -0.15) is 0 Å². The first-order chi connectivity index (χ1) is 9.41. The van der Waals surface area contributed by atoms with Crippen molar-refractivity contribution in [2.45, 2.75) is 6.54 Å². The van der Waals surface area contributed by atoms with E-state index in [1.54, 1.807) is 13.1 Å².